The van der Waals surface area contributed by atoms with Crippen molar-refractivity contribution in [3.8, 4) is 0 Å². The molecular formula is C22H28ClN3O3S. The zero-order chi connectivity index (χ0) is 21.7. The summed E-state index contributed by atoms with van der Waals surface area (Å²) < 4.78 is 5.15. The number of halogens is 1. The van der Waals surface area contributed by atoms with E-state index < -0.39 is 0 Å². The Hall–Kier alpha value is -1.93. The normalized spacial score (nSPS) is 15.2. The Labute approximate surface area is 186 Å². The predicted molar refractivity (Wildman–Crippen MR) is 122 cm³/mol. The topological polar surface area (TPSA) is 61.9 Å². The second kappa shape index (κ2) is 10.4. The SMILES string of the molecule is CCOC(=O)c1c(NC(=O)CN2CCN(Cc3cccc(Cl)c3)CC2)sc(C)c1C. The molecule has 1 aliphatic rings. The van der Waals surface area contributed by atoms with E-state index in [4.69, 9.17) is 16.3 Å². The molecule has 1 amide bonds. The van der Waals surface area contributed by atoms with E-state index in [0.29, 0.717) is 23.7 Å². The lowest BCUT2D eigenvalue weighted by molar-refractivity contribution is -0.117. The Morgan fingerprint density at radius 3 is 2.53 bits per heavy atom. The van der Waals surface area contributed by atoms with Crippen molar-refractivity contribution in [2.75, 3.05) is 44.6 Å². The highest BCUT2D eigenvalue weighted by molar-refractivity contribution is 7.16. The minimum absolute atomic E-state index is 0.106. The molecular weight excluding hydrogens is 422 g/mol. The summed E-state index contributed by atoms with van der Waals surface area (Å²) >= 11 is 7.49. The zero-order valence-corrected chi connectivity index (χ0v) is 19.2. The van der Waals surface area contributed by atoms with Gasteiger partial charge in [0, 0.05) is 42.6 Å². The van der Waals surface area contributed by atoms with Crippen molar-refractivity contribution in [3.05, 3.63) is 50.9 Å². The van der Waals surface area contributed by atoms with Crippen molar-refractivity contribution < 1.29 is 14.3 Å². The number of rotatable bonds is 7. The number of hydrogen-bond donors (Lipinski definition) is 1. The number of esters is 1. The van der Waals surface area contributed by atoms with E-state index in [1.807, 2.05) is 32.0 Å². The van der Waals surface area contributed by atoms with Crippen molar-refractivity contribution in [3.63, 3.8) is 0 Å². The Morgan fingerprint density at radius 1 is 1.17 bits per heavy atom. The maximum atomic E-state index is 12.6. The third kappa shape index (κ3) is 5.82. The van der Waals surface area contributed by atoms with Gasteiger partial charge in [-0.1, -0.05) is 23.7 Å². The molecule has 0 unspecified atom stereocenters. The molecule has 8 heteroatoms. The van der Waals surface area contributed by atoms with Crippen LogP contribution in [0.15, 0.2) is 24.3 Å². The minimum atomic E-state index is -0.385. The van der Waals surface area contributed by atoms with Crippen molar-refractivity contribution in [1.29, 1.82) is 0 Å². The van der Waals surface area contributed by atoms with Crippen LogP contribution in [-0.2, 0) is 16.1 Å². The second-order valence-corrected chi connectivity index (χ2v) is 9.10. The number of piperazine rings is 1. The molecule has 1 aliphatic heterocycles. The number of ether oxygens (including phenoxy) is 1. The molecule has 1 aromatic carbocycles. The standard InChI is InChI=1S/C22H28ClN3O3S/c1-4-29-22(28)20-15(2)16(3)30-21(20)24-19(27)14-26-10-8-25(9-11-26)13-17-6-5-7-18(23)12-17/h5-7,12H,4,8-11,13-14H2,1-3H3,(H,24,27). The van der Waals surface area contributed by atoms with E-state index in [1.165, 1.54) is 16.9 Å². The Morgan fingerprint density at radius 2 is 1.87 bits per heavy atom. The van der Waals surface area contributed by atoms with E-state index >= 15 is 0 Å². The fraction of sp³-hybridized carbons (Fsp3) is 0.455. The van der Waals surface area contributed by atoms with Crippen LogP contribution in [-0.4, -0.2) is 61.0 Å². The third-order valence-electron chi connectivity index (χ3n) is 5.25. The Kier molecular flexibility index (Phi) is 7.88. The summed E-state index contributed by atoms with van der Waals surface area (Å²) in [6, 6.07) is 7.92. The fourth-order valence-corrected chi connectivity index (χ4v) is 4.81. The molecule has 2 heterocycles. The van der Waals surface area contributed by atoms with Crippen LogP contribution < -0.4 is 5.32 Å². The summed E-state index contributed by atoms with van der Waals surface area (Å²) in [6.45, 7) is 10.5. The van der Waals surface area contributed by atoms with Crippen LogP contribution in [0.25, 0.3) is 0 Å². The first-order valence-corrected chi connectivity index (χ1v) is 11.3. The van der Waals surface area contributed by atoms with Gasteiger partial charge in [0.15, 0.2) is 0 Å². The van der Waals surface area contributed by atoms with Crippen molar-refractivity contribution in [1.82, 2.24) is 9.80 Å². The number of carbonyl (C=O) groups excluding carboxylic acids is 2. The van der Waals surface area contributed by atoms with Crippen LogP contribution in [0.5, 0.6) is 0 Å². The maximum absolute atomic E-state index is 12.6. The third-order valence-corrected chi connectivity index (χ3v) is 6.60. The minimum Gasteiger partial charge on any atom is -0.462 e. The summed E-state index contributed by atoms with van der Waals surface area (Å²) in [6.07, 6.45) is 0. The summed E-state index contributed by atoms with van der Waals surface area (Å²) in [7, 11) is 0. The molecule has 0 radical (unpaired) electrons. The molecule has 3 rings (SSSR count). The second-order valence-electron chi connectivity index (χ2n) is 7.44. The molecule has 6 nitrogen and oxygen atoms in total. The van der Waals surface area contributed by atoms with E-state index in [1.54, 1.807) is 6.92 Å². The first kappa shape index (κ1) is 22.7. The van der Waals surface area contributed by atoms with E-state index in [0.717, 1.165) is 48.2 Å². The van der Waals surface area contributed by atoms with Gasteiger partial charge in [0.1, 0.15) is 5.00 Å². The molecule has 0 bridgehead atoms. The first-order valence-electron chi connectivity index (χ1n) is 10.1. The van der Waals surface area contributed by atoms with Gasteiger partial charge in [-0.2, -0.15) is 0 Å². The number of amides is 1. The fourth-order valence-electron chi connectivity index (χ4n) is 3.53. The van der Waals surface area contributed by atoms with Gasteiger partial charge in [-0.25, -0.2) is 4.79 Å². The van der Waals surface area contributed by atoms with E-state index in [-0.39, 0.29) is 11.9 Å². The number of anilines is 1. The molecule has 1 N–H and O–H groups in total. The number of carbonyl (C=O) groups is 2. The van der Waals surface area contributed by atoms with E-state index in [9.17, 15) is 9.59 Å². The summed E-state index contributed by atoms with van der Waals surface area (Å²) in [5, 5.41) is 4.26. The quantitative estimate of drug-likeness (QED) is 0.648. The predicted octanol–water partition coefficient (Wildman–Crippen LogP) is 3.95. The smallest absolute Gasteiger partial charge is 0.341 e. The summed E-state index contributed by atoms with van der Waals surface area (Å²) in [5.41, 5.74) is 2.53. The molecule has 0 aliphatic carbocycles. The highest BCUT2D eigenvalue weighted by Gasteiger charge is 2.24. The first-order chi connectivity index (χ1) is 14.4. The maximum Gasteiger partial charge on any atom is 0.341 e. The Bertz CT molecular complexity index is 907. The van der Waals surface area contributed by atoms with Crippen LogP contribution in [0.3, 0.4) is 0 Å². The van der Waals surface area contributed by atoms with Gasteiger partial charge in [-0.05, 0) is 44.0 Å². The average molecular weight is 450 g/mol. The molecule has 1 aromatic heterocycles. The lowest BCUT2D eigenvalue weighted by Crippen LogP contribution is -2.48. The number of aryl methyl sites for hydroxylation is 1. The molecule has 0 saturated carbocycles. The molecule has 0 atom stereocenters. The van der Waals surface area contributed by atoms with E-state index in [2.05, 4.69) is 21.2 Å². The molecule has 162 valence electrons. The summed E-state index contributed by atoms with van der Waals surface area (Å²) in [4.78, 5) is 30.4. The van der Waals surface area contributed by atoms with Crippen molar-refractivity contribution in [2.45, 2.75) is 27.3 Å². The van der Waals surface area contributed by atoms with Gasteiger partial charge in [-0.15, -0.1) is 11.3 Å². The average Bonchev–Trinajstić information content (AvgIpc) is 2.97. The van der Waals surface area contributed by atoms with Crippen LogP contribution in [0, 0.1) is 13.8 Å². The number of nitrogens with zero attached hydrogens (tertiary/aromatic N) is 2. The monoisotopic (exact) mass is 449 g/mol. The molecule has 30 heavy (non-hydrogen) atoms. The van der Waals surface area contributed by atoms with Crippen LogP contribution in [0.4, 0.5) is 5.00 Å². The highest BCUT2D eigenvalue weighted by Crippen LogP contribution is 2.33. The number of nitrogens with one attached hydrogen (secondary N) is 1. The van der Waals surface area contributed by atoms with Gasteiger partial charge in [-0.3, -0.25) is 14.6 Å². The van der Waals surface area contributed by atoms with Crippen molar-refractivity contribution in [2.24, 2.45) is 0 Å². The van der Waals surface area contributed by atoms with Gasteiger partial charge in [0.05, 0.1) is 18.7 Å². The van der Waals surface area contributed by atoms with Gasteiger partial charge >= 0.3 is 5.97 Å². The number of hydrogen-bond acceptors (Lipinski definition) is 6. The van der Waals surface area contributed by atoms with Gasteiger partial charge < -0.3 is 10.1 Å². The molecule has 1 fully saturated rings. The molecule has 0 spiro atoms. The van der Waals surface area contributed by atoms with Crippen LogP contribution in [0.2, 0.25) is 5.02 Å². The zero-order valence-electron chi connectivity index (χ0n) is 17.7. The largest absolute Gasteiger partial charge is 0.462 e. The van der Waals surface area contributed by atoms with Crippen LogP contribution in [0.1, 0.15) is 33.3 Å². The summed E-state index contributed by atoms with van der Waals surface area (Å²) in [5.74, 6) is -0.491. The van der Waals surface area contributed by atoms with Crippen molar-refractivity contribution >= 4 is 39.8 Å². The van der Waals surface area contributed by atoms with Gasteiger partial charge in [0.2, 0.25) is 5.91 Å². The Balaban J connectivity index is 1.52. The lowest BCUT2D eigenvalue weighted by Gasteiger charge is -2.34. The number of benzene rings is 1. The molecule has 1 saturated heterocycles. The lowest BCUT2D eigenvalue weighted by atomic mass is 10.1. The highest BCUT2D eigenvalue weighted by atomic mass is 35.5. The van der Waals surface area contributed by atoms with Crippen LogP contribution >= 0.6 is 22.9 Å². The molecule has 2 aromatic rings. The van der Waals surface area contributed by atoms with Gasteiger partial charge in [0.25, 0.3) is 0 Å². The number of thiophene rings is 1.